The van der Waals surface area contributed by atoms with Crippen LogP contribution < -0.4 is 11.1 Å². The van der Waals surface area contributed by atoms with E-state index < -0.39 is 0 Å². The lowest BCUT2D eigenvalue weighted by Crippen LogP contribution is -2.38. The number of rotatable bonds is 7. The van der Waals surface area contributed by atoms with Crippen LogP contribution in [0.2, 0.25) is 0 Å². The second-order valence-electron chi connectivity index (χ2n) is 6.56. The van der Waals surface area contributed by atoms with Crippen LogP contribution in [0.3, 0.4) is 0 Å². The van der Waals surface area contributed by atoms with Gasteiger partial charge in [0.1, 0.15) is 0 Å². The summed E-state index contributed by atoms with van der Waals surface area (Å²) in [6.45, 7) is 11.9. The quantitative estimate of drug-likeness (QED) is 0.778. The molecule has 0 unspecified atom stereocenters. The fourth-order valence-electron chi connectivity index (χ4n) is 2.18. The van der Waals surface area contributed by atoms with E-state index in [1.54, 1.807) is 0 Å². The lowest BCUT2D eigenvalue weighted by atomic mass is 9.83. The summed E-state index contributed by atoms with van der Waals surface area (Å²) in [6.07, 6.45) is 1.06. The molecule has 0 fully saturated rings. The number of hydrogen-bond acceptors (Lipinski definition) is 2. The van der Waals surface area contributed by atoms with Crippen molar-refractivity contribution >= 4 is 0 Å². The summed E-state index contributed by atoms with van der Waals surface area (Å²) in [5.74, 6) is 0. The molecule has 0 bridgehead atoms. The molecule has 0 heterocycles. The van der Waals surface area contributed by atoms with Crippen LogP contribution in [0, 0.1) is 5.41 Å². The SMILES string of the molecule is CC(C)(CCN)CNCC(C)(C)c1ccccc1. The number of nitrogens with two attached hydrogens (primary N) is 1. The molecule has 0 saturated carbocycles. The maximum Gasteiger partial charge on any atom is 0.00434 e. The van der Waals surface area contributed by atoms with Gasteiger partial charge >= 0.3 is 0 Å². The fraction of sp³-hybridized carbons (Fsp3) is 0.625. The molecule has 0 amide bonds. The van der Waals surface area contributed by atoms with E-state index in [9.17, 15) is 0 Å². The standard InChI is InChI=1S/C16H28N2/c1-15(2,10-11-17)12-18-13-16(3,4)14-8-6-5-7-9-14/h5-9,18H,10-13,17H2,1-4H3. The van der Waals surface area contributed by atoms with Crippen LogP contribution in [0.25, 0.3) is 0 Å². The Morgan fingerprint density at radius 2 is 1.61 bits per heavy atom. The van der Waals surface area contributed by atoms with Gasteiger partial charge in [-0.1, -0.05) is 58.0 Å². The van der Waals surface area contributed by atoms with Gasteiger partial charge in [0.15, 0.2) is 0 Å². The summed E-state index contributed by atoms with van der Waals surface area (Å²) in [6, 6.07) is 10.7. The van der Waals surface area contributed by atoms with E-state index in [1.165, 1.54) is 5.56 Å². The van der Waals surface area contributed by atoms with Crippen LogP contribution in [0.4, 0.5) is 0 Å². The molecule has 2 heteroatoms. The average molecular weight is 248 g/mol. The summed E-state index contributed by atoms with van der Waals surface area (Å²) >= 11 is 0. The van der Waals surface area contributed by atoms with E-state index in [1.807, 2.05) is 0 Å². The molecule has 3 N–H and O–H groups in total. The van der Waals surface area contributed by atoms with Crippen molar-refractivity contribution in [2.45, 2.75) is 39.5 Å². The van der Waals surface area contributed by atoms with Gasteiger partial charge in [0.25, 0.3) is 0 Å². The predicted molar refractivity (Wildman–Crippen MR) is 79.8 cm³/mol. The molecule has 0 saturated heterocycles. The molecule has 0 aliphatic heterocycles. The van der Waals surface area contributed by atoms with Crippen molar-refractivity contribution in [3.63, 3.8) is 0 Å². The first kappa shape index (κ1) is 15.2. The summed E-state index contributed by atoms with van der Waals surface area (Å²) in [7, 11) is 0. The Morgan fingerprint density at radius 1 is 1.00 bits per heavy atom. The van der Waals surface area contributed by atoms with Crippen molar-refractivity contribution in [2.75, 3.05) is 19.6 Å². The Morgan fingerprint density at radius 3 is 2.17 bits per heavy atom. The van der Waals surface area contributed by atoms with Gasteiger partial charge in [0.05, 0.1) is 0 Å². The van der Waals surface area contributed by atoms with Crippen molar-refractivity contribution in [1.29, 1.82) is 0 Å². The number of nitrogens with one attached hydrogen (secondary N) is 1. The summed E-state index contributed by atoms with van der Waals surface area (Å²) in [4.78, 5) is 0. The van der Waals surface area contributed by atoms with E-state index in [0.29, 0.717) is 0 Å². The Kier molecular flexibility index (Phi) is 5.36. The molecule has 18 heavy (non-hydrogen) atoms. The van der Waals surface area contributed by atoms with E-state index >= 15 is 0 Å². The largest absolute Gasteiger partial charge is 0.330 e. The summed E-state index contributed by atoms with van der Waals surface area (Å²) in [5, 5.41) is 3.59. The summed E-state index contributed by atoms with van der Waals surface area (Å²) < 4.78 is 0. The monoisotopic (exact) mass is 248 g/mol. The third-order valence-corrected chi connectivity index (χ3v) is 3.55. The molecule has 1 rings (SSSR count). The van der Waals surface area contributed by atoms with Crippen molar-refractivity contribution in [3.8, 4) is 0 Å². The van der Waals surface area contributed by atoms with Gasteiger partial charge in [0.2, 0.25) is 0 Å². The van der Waals surface area contributed by atoms with Crippen LogP contribution in [0.5, 0.6) is 0 Å². The van der Waals surface area contributed by atoms with Crippen molar-refractivity contribution in [1.82, 2.24) is 5.32 Å². The van der Waals surface area contributed by atoms with Crippen LogP contribution in [-0.4, -0.2) is 19.6 Å². The van der Waals surface area contributed by atoms with Crippen LogP contribution >= 0.6 is 0 Å². The average Bonchev–Trinajstić information content (AvgIpc) is 2.29. The van der Waals surface area contributed by atoms with E-state index in [0.717, 1.165) is 26.1 Å². The molecule has 0 aliphatic rings. The normalized spacial score (nSPS) is 12.7. The molecule has 102 valence electrons. The molecule has 0 aromatic heterocycles. The molecule has 1 aromatic carbocycles. The molecule has 0 aliphatic carbocycles. The first-order valence-electron chi connectivity index (χ1n) is 6.84. The van der Waals surface area contributed by atoms with Gasteiger partial charge in [-0.25, -0.2) is 0 Å². The van der Waals surface area contributed by atoms with Crippen LogP contribution in [0.1, 0.15) is 39.7 Å². The lowest BCUT2D eigenvalue weighted by Gasteiger charge is -2.30. The second-order valence-corrected chi connectivity index (χ2v) is 6.56. The highest BCUT2D eigenvalue weighted by Gasteiger charge is 2.22. The second kappa shape index (κ2) is 6.35. The highest BCUT2D eigenvalue weighted by atomic mass is 14.9. The molecule has 0 spiro atoms. The van der Waals surface area contributed by atoms with Crippen LogP contribution in [0.15, 0.2) is 30.3 Å². The van der Waals surface area contributed by atoms with Crippen molar-refractivity contribution in [2.24, 2.45) is 11.1 Å². The van der Waals surface area contributed by atoms with Crippen molar-refractivity contribution < 1.29 is 0 Å². The van der Waals surface area contributed by atoms with Gasteiger partial charge in [0, 0.05) is 18.5 Å². The molecule has 0 atom stereocenters. The lowest BCUT2D eigenvalue weighted by molar-refractivity contribution is 0.305. The third kappa shape index (κ3) is 4.79. The first-order valence-corrected chi connectivity index (χ1v) is 6.84. The zero-order valence-corrected chi connectivity index (χ0v) is 12.3. The molecular formula is C16H28N2. The van der Waals surface area contributed by atoms with E-state index in [-0.39, 0.29) is 10.8 Å². The molecule has 0 radical (unpaired) electrons. The number of hydrogen-bond donors (Lipinski definition) is 2. The summed E-state index contributed by atoms with van der Waals surface area (Å²) in [5.41, 5.74) is 7.46. The highest BCUT2D eigenvalue weighted by molar-refractivity contribution is 5.23. The van der Waals surface area contributed by atoms with Crippen LogP contribution in [-0.2, 0) is 5.41 Å². The van der Waals surface area contributed by atoms with E-state index in [2.05, 4.69) is 63.3 Å². The molecular weight excluding hydrogens is 220 g/mol. The minimum atomic E-state index is 0.167. The maximum atomic E-state index is 5.64. The zero-order chi connectivity index (χ0) is 13.6. The predicted octanol–water partition coefficient (Wildman–Crippen LogP) is 2.93. The van der Waals surface area contributed by atoms with Crippen molar-refractivity contribution in [3.05, 3.63) is 35.9 Å². The Hall–Kier alpha value is -0.860. The maximum absolute atomic E-state index is 5.64. The first-order chi connectivity index (χ1) is 8.37. The third-order valence-electron chi connectivity index (χ3n) is 3.55. The highest BCUT2D eigenvalue weighted by Crippen LogP contribution is 2.23. The topological polar surface area (TPSA) is 38.0 Å². The van der Waals surface area contributed by atoms with Gasteiger partial charge in [-0.05, 0) is 23.9 Å². The van der Waals surface area contributed by atoms with Gasteiger partial charge in [-0.3, -0.25) is 0 Å². The smallest absolute Gasteiger partial charge is 0.00434 e. The number of benzene rings is 1. The Labute approximate surface area is 112 Å². The minimum Gasteiger partial charge on any atom is -0.330 e. The van der Waals surface area contributed by atoms with E-state index in [4.69, 9.17) is 5.73 Å². The zero-order valence-electron chi connectivity index (χ0n) is 12.3. The fourth-order valence-corrected chi connectivity index (χ4v) is 2.18. The van der Waals surface area contributed by atoms with Gasteiger partial charge in [-0.2, -0.15) is 0 Å². The molecule has 2 nitrogen and oxygen atoms in total. The molecule has 1 aromatic rings. The minimum absolute atomic E-state index is 0.167. The van der Waals surface area contributed by atoms with Gasteiger partial charge in [-0.15, -0.1) is 0 Å². The Bertz CT molecular complexity index is 341. The Balaban J connectivity index is 2.48. The van der Waals surface area contributed by atoms with Gasteiger partial charge < -0.3 is 11.1 Å².